The number of halogens is 3. The molecule has 0 aromatic heterocycles. The SMILES string of the molecule is CCC[C@@H](c1ccc(O)c(F)c1)N1CCNCC1.Cl.Cl. The highest BCUT2D eigenvalue weighted by Crippen LogP contribution is 2.28. The molecule has 0 saturated carbocycles. The van der Waals surface area contributed by atoms with E-state index in [0.29, 0.717) is 0 Å². The summed E-state index contributed by atoms with van der Waals surface area (Å²) >= 11 is 0. The lowest BCUT2D eigenvalue weighted by molar-refractivity contribution is 0.164. The zero-order valence-corrected chi connectivity index (χ0v) is 13.3. The maximum absolute atomic E-state index is 13.5. The van der Waals surface area contributed by atoms with Gasteiger partial charge in [-0.1, -0.05) is 19.4 Å². The molecule has 1 aromatic rings. The molecule has 0 aliphatic carbocycles. The van der Waals surface area contributed by atoms with Gasteiger partial charge in [0.2, 0.25) is 0 Å². The average Bonchev–Trinajstić information content (AvgIpc) is 2.40. The van der Waals surface area contributed by atoms with Gasteiger partial charge >= 0.3 is 0 Å². The Hall–Kier alpha value is -0.550. The van der Waals surface area contributed by atoms with Gasteiger partial charge in [-0.2, -0.15) is 0 Å². The highest BCUT2D eigenvalue weighted by atomic mass is 35.5. The number of piperazine rings is 1. The largest absolute Gasteiger partial charge is 0.505 e. The van der Waals surface area contributed by atoms with Crippen LogP contribution in [0, 0.1) is 5.82 Å². The number of rotatable bonds is 4. The van der Waals surface area contributed by atoms with Crippen molar-refractivity contribution in [3.63, 3.8) is 0 Å². The molecule has 1 aliphatic rings. The fraction of sp³-hybridized carbons (Fsp3) is 0.571. The van der Waals surface area contributed by atoms with Crippen LogP contribution in [0.25, 0.3) is 0 Å². The molecule has 3 nitrogen and oxygen atoms in total. The summed E-state index contributed by atoms with van der Waals surface area (Å²) in [6.07, 6.45) is 2.08. The van der Waals surface area contributed by atoms with E-state index in [4.69, 9.17) is 0 Å². The summed E-state index contributed by atoms with van der Waals surface area (Å²) in [6.45, 7) is 6.11. The molecule has 2 rings (SSSR count). The molecule has 6 heteroatoms. The molecule has 1 aliphatic heterocycles. The minimum atomic E-state index is -0.524. The summed E-state index contributed by atoms with van der Waals surface area (Å²) in [7, 11) is 0. The van der Waals surface area contributed by atoms with Crippen LogP contribution in [0.4, 0.5) is 4.39 Å². The van der Waals surface area contributed by atoms with Gasteiger partial charge in [0.15, 0.2) is 11.6 Å². The number of nitrogens with one attached hydrogen (secondary N) is 1. The maximum Gasteiger partial charge on any atom is 0.165 e. The monoisotopic (exact) mass is 324 g/mol. The van der Waals surface area contributed by atoms with Crippen LogP contribution in [0.1, 0.15) is 31.4 Å². The zero-order chi connectivity index (χ0) is 13.0. The topological polar surface area (TPSA) is 35.5 Å². The molecule has 1 aromatic carbocycles. The second-order valence-electron chi connectivity index (χ2n) is 4.80. The van der Waals surface area contributed by atoms with Crippen molar-refractivity contribution in [3.05, 3.63) is 29.6 Å². The fourth-order valence-corrected chi connectivity index (χ4v) is 2.56. The molecule has 20 heavy (non-hydrogen) atoms. The highest BCUT2D eigenvalue weighted by molar-refractivity contribution is 5.85. The smallest absolute Gasteiger partial charge is 0.165 e. The van der Waals surface area contributed by atoms with Crippen LogP contribution in [0.2, 0.25) is 0 Å². The summed E-state index contributed by atoms with van der Waals surface area (Å²) in [6, 6.07) is 5.01. The van der Waals surface area contributed by atoms with E-state index in [1.165, 1.54) is 12.1 Å². The number of phenolic OH excluding ortho intramolecular Hbond substituents is 1. The second kappa shape index (κ2) is 9.40. The lowest BCUT2D eigenvalue weighted by atomic mass is 9.99. The Morgan fingerprint density at radius 3 is 2.50 bits per heavy atom. The molecular formula is C14H23Cl2FN2O. The predicted molar refractivity (Wildman–Crippen MR) is 84.7 cm³/mol. The average molecular weight is 325 g/mol. The third-order valence-electron chi connectivity index (χ3n) is 3.51. The van der Waals surface area contributed by atoms with Crippen LogP contribution in [0.3, 0.4) is 0 Å². The molecule has 1 heterocycles. The minimum absolute atomic E-state index is 0. The molecule has 0 radical (unpaired) electrons. The number of phenols is 1. The summed E-state index contributed by atoms with van der Waals surface area (Å²) < 4.78 is 13.5. The van der Waals surface area contributed by atoms with E-state index >= 15 is 0 Å². The van der Waals surface area contributed by atoms with Gasteiger partial charge in [0.25, 0.3) is 0 Å². The van der Waals surface area contributed by atoms with Gasteiger partial charge in [-0.15, -0.1) is 24.8 Å². The quantitative estimate of drug-likeness (QED) is 0.893. The van der Waals surface area contributed by atoms with Gasteiger partial charge in [0.05, 0.1) is 0 Å². The Bertz CT molecular complexity index is 401. The van der Waals surface area contributed by atoms with E-state index in [1.807, 2.05) is 6.07 Å². The van der Waals surface area contributed by atoms with Gasteiger partial charge < -0.3 is 10.4 Å². The lowest BCUT2D eigenvalue weighted by Gasteiger charge is -2.35. The molecule has 1 atom stereocenters. The first-order chi connectivity index (χ1) is 8.72. The Morgan fingerprint density at radius 2 is 1.95 bits per heavy atom. The molecule has 0 spiro atoms. The Labute approximate surface area is 132 Å². The van der Waals surface area contributed by atoms with Crippen LogP contribution in [-0.4, -0.2) is 36.2 Å². The number of hydrogen-bond acceptors (Lipinski definition) is 3. The molecule has 2 N–H and O–H groups in total. The van der Waals surface area contributed by atoms with E-state index in [-0.39, 0.29) is 36.6 Å². The lowest BCUT2D eigenvalue weighted by Crippen LogP contribution is -2.45. The van der Waals surface area contributed by atoms with E-state index < -0.39 is 5.82 Å². The fourth-order valence-electron chi connectivity index (χ4n) is 2.56. The van der Waals surface area contributed by atoms with Crippen LogP contribution in [-0.2, 0) is 0 Å². The maximum atomic E-state index is 13.5. The molecule has 0 unspecified atom stereocenters. The van der Waals surface area contributed by atoms with Crippen molar-refractivity contribution in [1.29, 1.82) is 0 Å². The number of nitrogens with zero attached hydrogens (tertiary/aromatic N) is 1. The molecule has 116 valence electrons. The van der Waals surface area contributed by atoms with Crippen LogP contribution in [0.15, 0.2) is 18.2 Å². The normalized spacial score (nSPS) is 16.9. The van der Waals surface area contributed by atoms with E-state index in [2.05, 4.69) is 17.1 Å². The Kier molecular flexibility index (Phi) is 9.14. The van der Waals surface area contributed by atoms with E-state index in [1.54, 1.807) is 0 Å². The minimum Gasteiger partial charge on any atom is -0.505 e. The van der Waals surface area contributed by atoms with Crippen molar-refractivity contribution >= 4 is 24.8 Å². The van der Waals surface area contributed by atoms with Crippen LogP contribution >= 0.6 is 24.8 Å². The van der Waals surface area contributed by atoms with Crippen molar-refractivity contribution in [2.45, 2.75) is 25.8 Å². The third kappa shape index (κ3) is 4.77. The summed E-state index contributed by atoms with van der Waals surface area (Å²) in [5.74, 6) is -0.793. The van der Waals surface area contributed by atoms with Gasteiger partial charge in [0, 0.05) is 32.2 Å². The number of benzene rings is 1. The number of hydrogen-bond donors (Lipinski definition) is 2. The molecule has 1 saturated heterocycles. The first-order valence-corrected chi connectivity index (χ1v) is 6.65. The van der Waals surface area contributed by atoms with Crippen molar-refractivity contribution in [2.24, 2.45) is 0 Å². The van der Waals surface area contributed by atoms with Gasteiger partial charge in [-0.25, -0.2) is 4.39 Å². The summed E-state index contributed by atoms with van der Waals surface area (Å²) in [4.78, 5) is 2.39. The highest BCUT2D eigenvalue weighted by Gasteiger charge is 2.22. The second-order valence-corrected chi connectivity index (χ2v) is 4.80. The van der Waals surface area contributed by atoms with Crippen molar-refractivity contribution in [3.8, 4) is 5.75 Å². The molecule has 0 amide bonds. The summed E-state index contributed by atoms with van der Waals surface area (Å²) in [5, 5.41) is 12.6. The number of aromatic hydroxyl groups is 1. The standard InChI is InChI=1S/C14H21FN2O.2ClH/c1-2-3-13(17-8-6-16-7-9-17)11-4-5-14(18)12(15)10-11;;/h4-5,10,13,16,18H,2-3,6-9H2,1H3;2*1H/t13-;;/m0../s1. The van der Waals surface area contributed by atoms with Crippen LogP contribution < -0.4 is 5.32 Å². The van der Waals surface area contributed by atoms with Gasteiger partial charge in [0.1, 0.15) is 0 Å². The van der Waals surface area contributed by atoms with Crippen molar-refractivity contribution in [2.75, 3.05) is 26.2 Å². The first-order valence-electron chi connectivity index (χ1n) is 6.65. The van der Waals surface area contributed by atoms with Crippen LogP contribution in [0.5, 0.6) is 5.75 Å². The first kappa shape index (κ1) is 19.4. The third-order valence-corrected chi connectivity index (χ3v) is 3.51. The van der Waals surface area contributed by atoms with E-state index in [9.17, 15) is 9.50 Å². The molecule has 0 bridgehead atoms. The van der Waals surface area contributed by atoms with Crippen molar-refractivity contribution in [1.82, 2.24) is 10.2 Å². The summed E-state index contributed by atoms with van der Waals surface area (Å²) in [5.41, 5.74) is 0.967. The molecule has 1 fully saturated rings. The van der Waals surface area contributed by atoms with Gasteiger partial charge in [-0.3, -0.25) is 4.90 Å². The zero-order valence-electron chi connectivity index (χ0n) is 11.6. The predicted octanol–water partition coefficient (Wildman–Crippen LogP) is 3.12. The Balaban J connectivity index is 0.00000180. The van der Waals surface area contributed by atoms with Crippen molar-refractivity contribution < 1.29 is 9.50 Å². The Morgan fingerprint density at radius 1 is 1.30 bits per heavy atom. The van der Waals surface area contributed by atoms with Gasteiger partial charge in [-0.05, 0) is 24.1 Å². The molecular weight excluding hydrogens is 302 g/mol. The van der Waals surface area contributed by atoms with E-state index in [0.717, 1.165) is 44.6 Å².